The number of carbonyl (C=O) groups excluding carboxylic acids is 1. The minimum Gasteiger partial charge on any atom is -0.395 e. The highest BCUT2D eigenvalue weighted by molar-refractivity contribution is 5.78. The summed E-state index contributed by atoms with van der Waals surface area (Å²) in [6.45, 7) is 5.98. The van der Waals surface area contributed by atoms with Gasteiger partial charge in [-0.1, -0.05) is 19.3 Å². The van der Waals surface area contributed by atoms with E-state index in [1.807, 2.05) is 0 Å². The minimum atomic E-state index is 0.277. The van der Waals surface area contributed by atoms with Gasteiger partial charge in [0.1, 0.15) is 0 Å². The van der Waals surface area contributed by atoms with E-state index in [0.29, 0.717) is 24.5 Å². The number of hydrogen-bond acceptors (Lipinski definition) is 4. The van der Waals surface area contributed by atoms with Crippen LogP contribution in [0.4, 0.5) is 0 Å². The van der Waals surface area contributed by atoms with Crippen molar-refractivity contribution in [2.24, 2.45) is 0 Å². The van der Waals surface area contributed by atoms with Crippen LogP contribution in [-0.4, -0.2) is 83.7 Å². The van der Waals surface area contributed by atoms with Gasteiger partial charge in [0.15, 0.2) is 0 Å². The Labute approximate surface area is 147 Å². The highest BCUT2D eigenvalue weighted by Gasteiger charge is 2.32. The first-order valence-electron chi connectivity index (χ1n) is 10.1. The Hall–Kier alpha value is -0.650. The topological polar surface area (TPSA) is 47.0 Å². The molecule has 0 aromatic rings. The summed E-state index contributed by atoms with van der Waals surface area (Å²) >= 11 is 0. The number of aliphatic hydroxyl groups excluding tert-OH is 1. The minimum absolute atomic E-state index is 0.277. The Morgan fingerprint density at radius 1 is 0.792 bits per heavy atom. The fourth-order valence-electron chi connectivity index (χ4n) is 4.69. The first-order chi connectivity index (χ1) is 11.8. The number of hydrogen-bond donors (Lipinski definition) is 1. The van der Waals surface area contributed by atoms with E-state index < -0.39 is 0 Å². The second-order valence-electron chi connectivity index (χ2n) is 7.89. The molecule has 3 aliphatic rings. The number of rotatable bonds is 5. The summed E-state index contributed by atoms with van der Waals surface area (Å²) in [6.07, 6.45) is 10.9. The van der Waals surface area contributed by atoms with Gasteiger partial charge in [-0.2, -0.15) is 0 Å². The largest absolute Gasteiger partial charge is 0.395 e. The Bertz CT molecular complexity index is 396. The van der Waals surface area contributed by atoms with E-state index in [1.165, 1.54) is 51.4 Å². The highest BCUT2D eigenvalue weighted by atomic mass is 16.3. The lowest BCUT2D eigenvalue weighted by Gasteiger charge is -2.32. The van der Waals surface area contributed by atoms with Crippen LogP contribution in [0.3, 0.4) is 0 Å². The molecule has 0 aliphatic carbocycles. The standard InChI is InChI=1S/C19H35N3O2/c23-16-18-9-7-12-21(18)14-17-8-6-13-22(17)15-19(24)20-10-4-2-1-3-5-11-20/h17-18,23H,1-16H2. The summed E-state index contributed by atoms with van der Waals surface area (Å²) in [4.78, 5) is 19.7. The molecule has 3 aliphatic heterocycles. The molecule has 5 nitrogen and oxygen atoms in total. The first kappa shape index (κ1) is 18.2. The fraction of sp³-hybridized carbons (Fsp3) is 0.947. The van der Waals surface area contributed by atoms with Crippen molar-refractivity contribution in [3.8, 4) is 0 Å². The second kappa shape index (κ2) is 9.16. The van der Waals surface area contributed by atoms with Gasteiger partial charge >= 0.3 is 0 Å². The lowest BCUT2D eigenvalue weighted by molar-refractivity contribution is -0.133. The van der Waals surface area contributed by atoms with Crippen LogP contribution in [-0.2, 0) is 4.79 Å². The van der Waals surface area contributed by atoms with Crippen molar-refractivity contribution < 1.29 is 9.90 Å². The van der Waals surface area contributed by atoms with Crippen molar-refractivity contribution in [2.45, 2.75) is 69.9 Å². The average molecular weight is 338 g/mol. The van der Waals surface area contributed by atoms with Crippen molar-refractivity contribution in [1.82, 2.24) is 14.7 Å². The Morgan fingerprint density at radius 3 is 2.12 bits per heavy atom. The zero-order chi connectivity index (χ0) is 16.8. The molecule has 3 saturated heterocycles. The van der Waals surface area contributed by atoms with Crippen LogP contribution in [0.5, 0.6) is 0 Å². The van der Waals surface area contributed by atoms with Gasteiger partial charge in [-0.3, -0.25) is 14.6 Å². The number of amides is 1. The molecule has 3 heterocycles. The molecule has 1 N–H and O–H groups in total. The molecule has 0 spiro atoms. The van der Waals surface area contributed by atoms with Crippen LogP contribution in [0.2, 0.25) is 0 Å². The summed E-state index contributed by atoms with van der Waals surface area (Å²) in [5.74, 6) is 0.337. The molecule has 0 aromatic carbocycles. The summed E-state index contributed by atoms with van der Waals surface area (Å²) in [5.41, 5.74) is 0. The number of aliphatic hydroxyl groups is 1. The molecular weight excluding hydrogens is 302 g/mol. The lowest BCUT2D eigenvalue weighted by Crippen LogP contribution is -2.47. The van der Waals surface area contributed by atoms with Crippen molar-refractivity contribution in [1.29, 1.82) is 0 Å². The Balaban J connectivity index is 1.50. The molecule has 24 heavy (non-hydrogen) atoms. The molecule has 0 bridgehead atoms. The molecule has 5 heteroatoms. The third-order valence-corrected chi connectivity index (χ3v) is 6.20. The third-order valence-electron chi connectivity index (χ3n) is 6.20. The molecule has 3 rings (SSSR count). The molecule has 2 atom stereocenters. The molecule has 3 fully saturated rings. The van der Waals surface area contributed by atoms with Crippen molar-refractivity contribution in [3.63, 3.8) is 0 Å². The summed E-state index contributed by atoms with van der Waals surface area (Å²) in [6, 6.07) is 0.841. The molecule has 0 aromatic heterocycles. The van der Waals surface area contributed by atoms with Crippen LogP contribution in [0.1, 0.15) is 57.8 Å². The molecular formula is C19H35N3O2. The maximum Gasteiger partial charge on any atom is 0.236 e. The van der Waals surface area contributed by atoms with E-state index in [2.05, 4.69) is 14.7 Å². The van der Waals surface area contributed by atoms with Gasteiger partial charge in [-0.05, 0) is 51.6 Å². The van der Waals surface area contributed by atoms with E-state index >= 15 is 0 Å². The van der Waals surface area contributed by atoms with Crippen LogP contribution < -0.4 is 0 Å². The van der Waals surface area contributed by atoms with Crippen LogP contribution in [0, 0.1) is 0 Å². The average Bonchev–Trinajstić information content (AvgIpc) is 3.17. The second-order valence-corrected chi connectivity index (χ2v) is 7.89. The third kappa shape index (κ3) is 4.70. The SMILES string of the molecule is O=C(CN1CCCC1CN1CCCC1CO)N1CCCCCCC1. The van der Waals surface area contributed by atoms with Gasteiger partial charge in [0.05, 0.1) is 13.2 Å². The predicted octanol–water partition coefficient (Wildman–Crippen LogP) is 1.70. The molecule has 138 valence electrons. The highest BCUT2D eigenvalue weighted by Crippen LogP contribution is 2.23. The van der Waals surface area contributed by atoms with Crippen LogP contribution >= 0.6 is 0 Å². The van der Waals surface area contributed by atoms with Gasteiger partial charge < -0.3 is 10.0 Å². The number of likely N-dealkylation sites (tertiary alicyclic amines) is 3. The lowest BCUT2D eigenvalue weighted by atomic mass is 10.1. The molecule has 0 radical (unpaired) electrons. The maximum absolute atomic E-state index is 12.8. The van der Waals surface area contributed by atoms with Gasteiger partial charge in [-0.15, -0.1) is 0 Å². The zero-order valence-corrected chi connectivity index (χ0v) is 15.2. The Kier molecular flexibility index (Phi) is 6.93. The van der Waals surface area contributed by atoms with Crippen LogP contribution in [0.25, 0.3) is 0 Å². The van der Waals surface area contributed by atoms with E-state index in [-0.39, 0.29) is 6.61 Å². The fourth-order valence-corrected chi connectivity index (χ4v) is 4.69. The summed E-state index contributed by atoms with van der Waals surface area (Å²) in [7, 11) is 0. The smallest absolute Gasteiger partial charge is 0.236 e. The number of nitrogens with zero attached hydrogens (tertiary/aromatic N) is 3. The van der Waals surface area contributed by atoms with Crippen LogP contribution in [0.15, 0.2) is 0 Å². The first-order valence-corrected chi connectivity index (χ1v) is 10.1. The molecule has 0 saturated carbocycles. The monoisotopic (exact) mass is 337 g/mol. The van der Waals surface area contributed by atoms with E-state index in [0.717, 1.165) is 39.1 Å². The summed E-state index contributed by atoms with van der Waals surface area (Å²) in [5, 5.41) is 9.53. The Morgan fingerprint density at radius 2 is 1.42 bits per heavy atom. The van der Waals surface area contributed by atoms with Gasteiger partial charge in [0.2, 0.25) is 5.91 Å². The van der Waals surface area contributed by atoms with E-state index in [1.54, 1.807) is 0 Å². The van der Waals surface area contributed by atoms with E-state index in [4.69, 9.17) is 0 Å². The summed E-state index contributed by atoms with van der Waals surface area (Å²) < 4.78 is 0. The van der Waals surface area contributed by atoms with Crippen molar-refractivity contribution in [2.75, 3.05) is 45.9 Å². The number of carbonyl (C=O) groups is 1. The zero-order valence-electron chi connectivity index (χ0n) is 15.2. The maximum atomic E-state index is 12.8. The van der Waals surface area contributed by atoms with E-state index in [9.17, 15) is 9.90 Å². The molecule has 2 unspecified atom stereocenters. The van der Waals surface area contributed by atoms with Gasteiger partial charge in [0, 0.05) is 31.7 Å². The van der Waals surface area contributed by atoms with Crippen molar-refractivity contribution >= 4 is 5.91 Å². The van der Waals surface area contributed by atoms with Gasteiger partial charge in [-0.25, -0.2) is 0 Å². The molecule has 1 amide bonds. The predicted molar refractivity (Wildman–Crippen MR) is 95.9 cm³/mol. The van der Waals surface area contributed by atoms with Crippen molar-refractivity contribution in [3.05, 3.63) is 0 Å². The normalized spacial score (nSPS) is 30.5. The van der Waals surface area contributed by atoms with Gasteiger partial charge in [0.25, 0.3) is 0 Å². The quantitative estimate of drug-likeness (QED) is 0.829.